The van der Waals surface area contributed by atoms with Gasteiger partial charge in [-0.15, -0.1) is 0 Å². The van der Waals surface area contributed by atoms with E-state index < -0.39 is 16.4 Å². The van der Waals surface area contributed by atoms with Gasteiger partial charge in [-0.2, -0.15) is 0 Å². The van der Waals surface area contributed by atoms with E-state index in [2.05, 4.69) is 6.92 Å². The molecule has 0 aromatic rings. The maximum Gasteiger partial charge on any atom is 2.00 e. The Morgan fingerprint density at radius 2 is 0.923 bits per heavy atom. The zero-order chi connectivity index (χ0) is 19.4. The molecule has 0 unspecified atom stereocenters. The molecule has 152 valence electrons. The molecule has 0 saturated carbocycles. The molecule has 0 aromatic heterocycles. The Bertz CT molecular complexity index is 379. The molecule has 0 bridgehead atoms. The molecule has 1 N–H and O–H groups in total. The van der Waals surface area contributed by atoms with Gasteiger partial charge in [-0.25, -0.2) is 0 Å². The van der Waals surface area contributed by atoms with E-state index in [0.717, 1.165) is 12.8 Å². The second-order valence-electron chi connectivity index (χ2n) is 6.50. The Morgan fingerprint density at radius 1 is 0.692 bits per heavy atom. The summed E-state index contributed by atoms with van der Waals surface area (Å²) in [6.45, 7) is 2.27. The van der Waals surface area contributed by atoms with Gasteiger partial charge in [-0.1, -0.05) is 96.8 Å². The predicted molar refractivity (Wildman–Crippen MR) is 97.7 cm³/mol. The molecule has 0 aliphatic heterocycles. The number of hydrogen-bond acceptors (Lipinski definition) is 5. The summed E-state index contributed by atoms with van der Waals surface area (Å²) in [7, 11) is -5.17. The molecule has 6 nitrogen and oxygen atoms in total. The van der Waals surface area contributed by atoms with Crippen LogP contribution in [0.1, 0.15) is 110 Å². The normalized spacial score (nSPS) is 10.6. The first-order valence-corrected chi connectivity index (χ1v) is 11.0. The van der Waals surface area contributed by atoms with Crippen LogP contribution in [0.15, 0.2) is 0 Å². The fraction of sp³-hybridized carbons (Fsp3) is 0.944. The van der Waals surface area contributed by atoms with Crippen molar-refractivity contribution in [3.8, 4) is 0 Å². The Labute approximate surface area is 172 Å². The van der Waals surface area contributed by atoms with Crippen LogP contribution >= 0.6 is 0 Å². The standard InChI is InChI=1S/C18H36O2.H2O4S.Zn/c1-2-3-4-5-6-7-8-9-10-11-12-13-14-15-16-17-18(19)20;1-5(2,3)4;/h2-17H2,1H3,(H,19,20);(H2,1,2,3,4);/q;;+2/p-2. The van der Waals surface area contributed by atoms with Crippen molar-refractivity contribution in [2.45, 2.75) is 110 Å². The van der Waals surface area contributed by atoms with Gasteiger partial charge < -0.3 is 14.2 Å². The van der Waals surface area contributed by atoms with Crippen LogP contribution in [0.2, 0.25) is 0 Å². The average Bonchev–Trinajstić information content (AvgIpc) is 2.49. The molecule has 0 heterocycles. The van der Waals surface area contributed by atoms with Crippen LogP contribution in [-0.4, -0.2) is 28.6 Å². The summed E-state index contributed by atoms with van der Waals surface area (Å²) in [6, 6.07) is 0. The molecular weight excluding hydrogens is 410 g/mol. The first-order valence-electron chi connectivity index (χ1n) is 9.66. The van der Waals surface area contributed by atoms with Gasteiger partial charge >= 0.3 is 25.4 Å². The Balaban J connectivity index is -0.000000772. The number of unbranched alkanes of at least 4 members (excludes halogenated alkanes) is 14. The summed E-state index contributed by atoms with van der Waals surface area (Å²) < 4.78 is 34.1. The van der Waals surface area contributed by atoms with E-state index >= 15 is 0 Å². The van der Waals surface area contributed by atoms with Gasteiger partial charge in [-0.3, -0.25) is 13.2 Å². The number of aliphatic carboxylic acids is 1. The maximum absolute atomic E-state index is 10.3. The largest absolute Gasteiger partial charge is 2.00 e. The van der Waals surface area contributed by atoms with Crippen molar-refractivity contribution in [3.63, 3.8) is 0 Å². The van der Waals surface area contributed by atoms with E-state index in [0.29, 0.717) is 6.42 Å². The number of hydrogen-bond donors (Lipinski definition) is 1. The fourth-order valence-electron chi connectivity index (χ4n) is 2.65. The van der Waals surface area contributed by atoms with Gasteiger partial charge in [-0.05, 0) is 6.42 Å². The summed E-state index contributed by atoms with van der Waals surface area (Å²) >= 11 is 0. The molecule has 8 heteroatoms. The second kappa shape index (κ2) is 23.0. The zero-order valence-corrected chi connectivity index (χ0v) is 20.2. The number of carboxylic acids is 1. The van der Waals surface area contributed by atoms with Crippen molar-refractivity contribution in [2.75, 3.05) is 0 Å². The van der Waals surface area contributed by atoms with Crippen molar-refractivity contribution in [3.05, 3.63) is 0 Å². The van der Waals surface area contributed by atoms with E-state index in [1.165, 1.54) is 83.5 Å². The Kier molecular flexibility index (Phi) is 27.1. The zero-order valence-electron chi connectivity index (χ0n) is 16.4. The summed E-state index contributed by atoms with van der Waals surface area (Å²) in [5.41, 5.74) is 0. The first-order chi connectivity index (χ1) is 11.8. The van der Waals surface area contributed by atoms with E-state index in [9.17, 15) is 4.79 Å². The second-order valence-corrected chi connectivity index (χ2v) is 7.32. The third kappa shape index (κ3) is 43.9. The first kappa shape index (κ1) is 30.7. The number of rotatable bonds is 16. The van der Waals surface area contributed by atoms with Gasteiger partial charge in [0.25, 0.3) is 0 Å². The molecule has 0 aliphatic rings. The van der Waals surface area contributed by atoms with Gasteiger partial charge in [0.15, 0.2) is 0 Å². The van der Waals surface area contributed by atoms with E-state index in [1.807, 2.05) is 0 Å². The van der Waals surface area contributed by atoms with Gasteiger partial charge in [0.2, 0.25) is 0 Å². The molecule has 26 heavy (non-hydrogen) atoms. The van der Waals surface area contributed by atoms with Crippen LogP contribution in [0.4, 0.5) is 0 Å². The molecule has 0 amide bonds. The van der Waals surface area contributed by atoms with Gasteiger partial charge in [0, 0.05) is 16.8 Å². The topological polar surface area (TPSA) is 118 Å². The molecule has 0 aliphatic carbocycles. The minimum atomic E-state index is -5.17. The molecule has 0 atom stereocenters. The molecule has 0 aromatic carbocycles. The van der Waals surface area contributed by atoms with Crippen LogP contribution in [-0.2, 0) is 34.7 Å². The smallest absolute Gasteiger partial charge is 0.759 e. The molecule has 0 rings (SSSR count). The van der Waals surface area contributed by atoms with Crippen molar-refractivity contribution in [1.29, 1.82) is 0 Å². The summed E-state index contributed by atoms with van der Waals surface area (Å²) in [4.78, 5) is 10.3. The van der Waals surface area contributed by atoms with Gasteiger partial charge in [0.1, 0.15) is 0 Å². The van der Waals surface area contributed by atoms with Crippen LogP contribution in [0.5, 0.6) is 0 Å². The molecule has 0 spiro atoms. The predicted octanol–water partition coefficient (Wildman–Crippen LogP) is 4.99. The minimum Gasteiger partial charge on any atom is -0.759 e. The summed E-state index contributed by atoms with van der Waals surface area (Å²) in [5.74, 6) is -0.653. The molecular formula is C18H36O6SZn. The summed E-state index contributed by atoms with van der Waals surface area (Å²) in [6.07, 6.45) is 20.2. The van der Waals surface area contributed by atoms with E-state index in [4.69, 9.17) is 22.6 Å². The van der Waals surface area contributed by atoms with Gasteiger partial charge in [0.05, 0.1) is 0 Å². The molecule has 0 saturated heterocycles. The third-order valence-corrected chi connectivity index (χ3v) is 3.99. The molecule has 0 fully saturated rings. The van der Waals surface area contributed by atoms with E-state index in [-0.39, 0.29) is 19.5 Å². The molecule has 0 radical (unpaired) electrons. The quantitative estimate of drug-likeness (QED) is 0.155. The number of carbonyl (C=O) groups is 1. The van der Waals surface area contributed by atoms with Crippen LogP contribution < -0.4 is 0 Å². The van der Waals surface area contributed by atoms with Crippen molar-refractivity contribution < 1.29 is 46.9 Å². The monoisotopic (exact) mass is 444 g/mol. The van der Waals surface area contributed by atoms with Crippen LogP contribution in [0.3, 0.4) is 0 Å². The minimum absolute atomic E-state index is 0. The van der Waals surface area contributed by atoms with Crippen molar-refractivity contribution in [1.82, 2.24) is 0 Å². The van der Waals surface area contributed by atoms with Crippen LogP contribution in [0.25, 0.3) is 0 Å². The number of carboxylic acid groups (broad SMARTS) is 1. The average molecular weight is 446 g/mol. The SMILES string of the molecule is CCCCCCCCCCCCCCCCCC(=O)O.O=S(=O)([O-])[O-].[Zn+2]. The van der Waals surface area contributed by atoms with E-state index in [1.54, 1.807) is 0 Å². The Morgan fingerprint density at radius 3 is 1.15 bits per heavy atom. The summed E-state index contributed by atoms with van der Waals surface area (Å²) in [5, 5.41) is 8.52. The Hall–Kier alpha value is -0.0366. The van der Waals surface area contributed by atoms with Crippen molar-refractivity contribution in [2.24, 2.45) is 0 Å². The van der Waals surface area contributed by atoms with Crippen LogP contribution in [0, 0.1) is 0 Å². The van der Waals surface area contributed by atoms with Crippen molar-refractivity contribution >= 4 is 16.4 Å². The maximum atomic E-state index is 10.3. The third-order valence-electron chi connectivity index (χ3n) is 3.99. The fourth-order valence-corrected chi connectivity index (χ4v) is 2.65.